The summed E-state index contributed by atoms with van der Waals surface area (Å²) < 4.78 is 2.16. The van der Waals surface area contributed by atoms with Crippen molar-refractivity contribution in [2.24, 2.45) is 0 Å². The summed E-state index contributed by atoms with van der Waals surface area (Å²) in [4.78, 5) is 18.7. The summed E-state index contributed by atoms with van der Waals surface area (Å²) in [7, 11) is 0. The van der Waals surface area contributed by atoms with Gasteiger partial charge in [0.05, 0.1) is 23.0 Å². The number of fused-ring (bicyclic) bond motifs is 11. The Morgan fingerprint density at radius 3 is 1.65 bits per heavy atom. The number of benzene rings is 4. The number of hydrogen-bond acceptors (Lipinski definition) is 4. The van der Waals surface area contributed by atoms with Crippen molar-refractivity contribution >= 4 is 5.65 Å². The van der Waals surface area contributed by atoms with Crippen LogP contribution in [-0.4, -0.2) is 24.3 Å². The summed E-state index contributed by atoms with van der Waals surface area (Å²) in [5, 5.41) is 0. The minimum atomic E-state index is -0.412. The molecule has 0 unspecified atom stereocenters. The zero-order chi connectivity index (χ0) is 30.2. The summed E-state index contributed by atoms with van der Waals surface area (Å²) in [6, 6.07) is 41.6. The number of aromatic nitrogens is 5. The second-order valence-electron chi connectivity index (χ2n) is 11.9. The number of rotatable bonds is 3. The number of pyridine rings is 2. The lowest BCUT2D eigenvalue weighted by Crippen LogP contribution is -2.25. The van der Waals surface area contributed by atoms with Gasteiger partial charge in [0.1, 0.15) is 5.69 Å². The van der Waals surface area contributed by atoms with Crippen LogP contribution in [0.3, 0.4) is 0 Å². The number of nitrogens with zero attached hydrogens (tertiary/aromatic N) is 5. The first-order valence-corrected chi connectivity index (χ1v) is 15.5. The van der Waals surface area contributed by atoms with Gasteiger partial charge >= 0.3 is 0 Å². The van der Waals surface area contributed by atoms with Crippen molar-refractivity contribution in [1.82, 2.24) is 24.3 Å². The Balaban J connectivity index is 1.27. The lowest BCUT2D eigenvalue weighted by atomic mass is 9.70. The molecule has 10 rings (SSSR count). The van der Waals surface area contributed by atoms with Crippen LogP contribution in [0.4, 0.5) is 0 Å². The minimum absolute atomic E-state index is 0.412. The van der Waals surface area contributed by atoms with E-state index in [0.29, 0.717) is 0 Å². The van der Waals surface area contributed by atoms with E-state index >= 15 is 0 Å². The molecule has 4 aromatic heterocycles. The quantitative estimate of drug-likeness (QED) is 0.207. The maximum absolute atomic E-state index is 5.30. The van der Waals surface area contributed by atoms with Gasteiger partial charge in [0.2, 0.25) is 0 Å². The van der Waals surface area contributed by atoms with E-state index in [1.54, 1.807) is 12.4 Å². The second-order valence-corrected chi connectivity index (χ2v) is 11.9. The van der Waals surface area contributed by atoms with Crippen LogP contribution in [0, 0.1) is 0 Å². The first kappa shape index (κ1) is 25.2. The highest BCUT2D eigenvalue weighted by molar-refractivity contribution is 5.96. The highest BCUT2D eigenvalue weighted by atomic mass is 15.0. The maximum atomic E-state index is 5.30. The molecule has 0 bridgehead atoms. The van der Waals surface area contributed by atoms with Gasteiger partial charge in [-0.3, -0.25) is 14.4 Å². The van der Waals surface area contributed by atoms with Crippen molar-refractivity contribution in [3.05, 3.63) is 175 Å². The predicted octanol–water partition coefficient (Wildman–Crippen LogP) is 8.86. The van der Waals surface area contributed by atoms with Crippen LogP contribution in [-0.2, 0) is 5.41 Å². The van der Waals surface area contributed by atoms with E-state index in [1.807, 2.05) is 42.9 Å². The van der Waals surface area contributed by atoms with Gasteiger partial charge in [-0.1, -0.05) is 84.9 Å². The fourth-order valence-electron chi connectivity index (χ4n) is 7.82. The van der Waals surface area contributed by atoms with Gasteiger partial charge in [-0.25, -0.2) is 9.97 Å². The van der Waals surface area contributed by atoms with Gasteiger partial charge in [0, 0.05) is 47.7 Å². The molecule has 0 saturated carbocycles. The third-order valence-corrected chi connectivity index (χ3v) is 9.72. The zero-order valence-electron chi connectivity index (χ0n) is 24.7. The van der Waals surface area contributed by atoms with Crippen molar-refractivity contribution in [3.8, 4) is 56.0 Å². The highest BCUT2D eigenvalue weighted by Crippen LogP contribution is 2.62. The molecule has 0 radical (unpaired) electrons. The SMILES string of the molecule is c1ccc2c(c1)-c1ccccc1C21c2ccccc2-c2ccc(-c3cn4c(-c5ccncc5)cnc4c(-c4ccncc4)n3)cc21. The molecular formula is C41H25N5. The Morgan fingerprint density at radius 2 is 1.04 bits per heavy atom. The van der Waals surface area contributed by atoms with Gasteiger partial charge in [0.25, 0.3) is 0 Å². The van der Waals surface area contributed by atoms with Crippen LogP contribution in [0.5, 0.6) is 0 Å². The molecule has 0 N–H and O–H groups in total. The molecule has 5 nitrogen and oxygen atoms in total. The van der Waals surface area contributed by atoms with E-state index in [1.165, 1.54) is 44.5 Å². The monoisotopic (exact) mass is 587 g/mol. The molecule has 0 fully saturated rings. The van der Waals surface area contributed by atoms with Crippen LogP contribution in [0.1, 0.15) is 22.3 Å². The molecule has 5 heteroatoms. The van der Waals surface area contributed by atoms with Gasteiger partial charge < -0.3 is 0 Å². The molecule has 4 aromatic carbocycles. The maximum Gasteiger partial charge on any atom is 0.164 e. The third kappa shape index (κ3) is 3.29. The Morgan fingerprint density at radius 1 is 0.500 bits per heavy atom. The van der Waals surface area contributed by atoms with Crippen LogP contribution in [0.15, 0.2) is 152 Å². The first-order chi connectivity index (χ1) is 22.8. The summed E-state index contributed by atoms with van der Waals surface area (Å²) in [6.07, 6.45) is 11.3. The Labute approximate surface area is 265 Å². The van der Waals surface area contributed by atoms with E-state index in [2.05, 4.69) is 112 Å². The van der Waals surface area contributed by atoms with Crippen molar-refractivity contribution in [1.29, 1.82) is 0 Å². The first-order valence-electron chi connectivity index (χ1n) is 15.5. The standard InChI is InChI=1S/C41H25N5/c1-4-10-33-29(7-1)30-8-2-5-11-34(30)41(33)35-12-6-3-9-31(35)32-14-13-28(23-36(32)41)37-25-46-38(26-15-19-42-20-16-26)24-44-40(46)39(45-37)27-17-21-43-22-18-27/h1-25H. The van der Waals surface area contributed by atoms with E-state index in [0.717, 1.165) is 39.4 Å². The van der Waals surface area contributed by atoms with E-state index in [4.69, 9.17) is 9.97 Å². The Hall–Kier alpha value is -6.20. The van der Waals surface area contributed by atoms with Gasteiger partial charge in [-0.2, -0.15) is 0 Å². The highest BCUT2D eigenvalue weighted by Gasteiger charge is 2.51. The number of imidazole rings is 1. The molecule has 0 saturated heterocycles. The van der Waals surface area contributed by atoms with Gasteiger partial charge in [0.15, 0.2) is 5.65 Å². The average Bonchev–Trinajstić information content (AvgIpc) is 3.79. The normalized spacial score (nSPS) is 13.4. The Kier molecular flexibility index (Phi) is 5.14. The lowest BCUT2D eigenvalue weighted by molar-refractivity contribution is 0.794. The molecule has 46 heavy (non-hydrogen) atoms. The third-order valence-electron chi connectivity index (χ3n) is 9.72. The molecule has 0 atom stereocenters. The van der Waals surface area contributed by atoms with Crippen molar-refractivity contribution in [2.45, 2.75) is 5.41 Å². The zero-order valence-corrected chi connectivity index (χ0v) is 24.7. The molecule has 0 aliphatic heterocycles. The van der Waals surface area contributed by atoms with Gasteiger partial charge in [-0.05, 0) is 74.8 Å². The van der Waals surface area contributed by atoms with Crippen molar-refractivity contribution in [2.75, 3.05) is 0 Å². The molecular weight excluding hydrogens is 562 g/mol. The van der Waals surface area contributed by atoms with E-state index in [9.17, 15) is 0 Å². The van der Waals surface area contributed by atoms with E-state index in [-0.39, 0.29) is 0 Å². The molecule has 8 aromatic rings. The lowest BCUT2D eigenvalue weighted by Gasteiger charge is -2.30. The molecule has 2 aliphatic carbocycles. The van der Waals surface area contributed by atoms with Crippen LogP contribution >= 0.6 is 0 Å². The summed E-state index contributed by atoms with van der Waals surface area (Å²) in [6.45, 7) is 0. The average molecular weight is 588 g/mol. The van der Waals surface area contributed by atoms with Crippen LogP contribution < -0.4 is 0 Å². The Bertz CT molecular complexity index is 2420. The molecule has 1 spiro atoms. The van der Waals surface area contributed by atoms with Crippen LogP contribution in [0.25, 0.3) is 61.7 Å². The summed E-state index contributed by atoms with van der Waals surface area (Å²) >= 11 is 0. The number of hydrogen-bond donors (Lipinski definition) is 0. The van der Waals surface area contributed by atoms with Gasteiger partial charge in [-0.15, -0.1) is 0 Å². The minimum Gasteiger partial charge on any atom is -0.296 e. The summed E-state index contributed by atoms with van der Waals surface area (Å²) in [5.41, 5.74) is 16.5. The predicted molar refractivity (Wildman–Crippen MR) is 181 cm³/mol. The van der Waals surface area contributed by atoms with Crippen LogP contribution in [0.2, 0.25) is 0 Å². The van der Waals surface area contributed by atoms with E-state index < -0.39 is 5.41 Å². The molecule has 4 heterocycles. The molecule has 0 amide bonds. The largest absolute Gasteiger partial charge is 0.296 e. The molecule has 2 aliphatic rings. The molecule has 214 valence electrons. The smallest absolute Gasteiger partial charge is 0.164 e. The second kappa shape index (κ2) is 9.40. The fourth-order valence-corrected chi connectivity index (χ4v) is 7.82. The topological polar surface area (TPSA) is 56.0 Å². The summed E-state index contributed by atoms with van der Waals surface area (Å²) in [5.74, 6) is 0. The van der Waals surface area contributed by atoms with Crippen molar-refractivity contribution < 1.29 is 0 Å². The van der Waals surface area contributed by atoms with Crippen molar-refractivity contribution in [3.63, 3.8) is 0 Å². The fraction of sp³-hybridized carbons (Fsp3) is 0.0244.